The Kier molecular flexibility index (Phi) is 10.3. The molecule has 0 aromatic heterocycles. The van der Waals surface area contributed by atoms with Crippen molar-refractivity contribution in [2.45, 2.75) is 25.3 Å². The lowest BCUT2D eigenvalue weighted by Crippen LogP contribution is -2.27. The van der Waals surface area contributed by atoms with Crippen LogP contribution < -0.4 is 4.74 Å². The summed E-state index contributed by atoms with van der Waals surface area (Å²) in [7, 11) is 5.96. The van der Waals surface area contributed by atoms with Gasteiger partial charge in [0.15, 0.2) is 0 Å². The van der Waals surface area contributed by atoms with Crippen molar-refractivity contribution in [2.24, 2.45) is 0 Å². The molecule has 0 amide bonds. The van der Waals surface area contributed by atoms with E-state index in [9.17, 15) is 0 Å². The first-order valence-electron chi connectivity index (χ1n) is 14.2. The Morgan fingerprint density at radius 2 is 1.15 bits per heavy atom. The third-order valence-electron chi connectivity index (χ3n) is 7.62. The second kappa shape index (κ2) is 14.3. The average molecular weight is 616 g/mol. The van der Waals surface area contributed by atoms with E-state index in [0.29, 0.717) is 0 Å². The zero-order chi connectivity index (χ0) is 28.6. The lowest BCUT2D eigenvalue weighted by Gasteiger charge is -2.28. The monoisotopic (exact) mass is 614 g/mol. The van der Waals surface area contributed by atoms with Crippen LogP contribution in [0, 0.1) is 0 Å². The van der Waals surface area contributed by atoms with Gasteiger partial charge in [-0.25, -0.2) is 0 Å². The second-order valence-electron chi connectivity index (χ2n) is 10.7. The van der Waals surface area contributed by atoms with Gasteiger partial charge in [0.1, 0.15) is 18.0 Å². The van der Waals surface area contributed by atoms with Crippen molar-refractivity contribution in [1.29, 1.82) is 0 Å². The molecule has 4 aromatic rings. The third kappa shape index (κ3) is 7.64. The number of likely N-dealkylation sites (N-methyl/N-ethyl adjacent to an activating group) is 2. The summed E-state index contributed by atoms with van der Waals surface area (Å²) in [6.45, 7) is 5.25. The summed E-state index contributed by atoms with van der Waals surface area (Å²) in [5, 5.41) is 0. The number of methoxy groups -OCH3 is 1. The van der Waals surface area contributed by atoms with Gasteiger partial charge in [0.25, 0.3) is 0 Å². The van der Waals surface area contributed by atoms with Crippen LogP contribution in [-0.4, -0.2) is 57.3 Å². The van der Waals surface area contributed by atoms with Crippen molar-refractivity contribution >= 4 is 15.9 Å². The summed E-state index contributed by atoms with van der Waals surface area (Å²) < 4.78 is 18.8. The molecular formula is C35H39BrN2O3. The molecule has 2 heterocycles. The molecule has 6 heteroatoms. The molecule has 4 aromatic carbocycles. The number of ether oxygens (including phenoxy) is 3. The summed E-state index contributed by atoms with van der Waals surface area (Å²) in [6.07, 6.45) is 0.0359. The topological polar surface area (TPSA) is 34.2 Å². The Labute approximate surface area is 252 Å². The van der Waals surface area contributed by atoms with Crippen LogP contribution >= 0.6 is 15.9 Å². The van der Waals surface area contributed by atoms with Gasteiger partial charge >= 0.3 is 0 Å². The van der Waals surface area contributed by atoms with E-state index in [1.54, 1.807) is 7.11 Å². The molecule has 214 valence electrons. The lowest BCUT2D eigenvalue weighted by molar-refractivity contribution is 0.0552. The molecule has 2 aliphatic heterocycles. The number of benzene rings is 4. The Hall–Kier alpha value is -3.00. The molecule has 0 N–H and O–H groups in total. The molecule has 0 fully saturated rings. The SMILES string of the molecule is CN1CCOC(c2ccccc2)c2ccc(Br)cc2C1.COc1ccc2c(c1)CN(C)CCOC2c1ccccc1. The zero-order valence-corrected chi connectivity index (χ0v) is 25.7. The summed E-state index contributed by atoms with van der Waals surface area (Å²) in [5.74, 6) is 0.898. The van der Waals surface area contributed by atoms with Crippen LogP contribution in [-0.2, 0) is 22.6 Å². The molecular weight excluding hydrogens is 576 g/mol. The molecule has 0 aliphatic carbocycles. The van der Waals surface area contributed by atoms with E-state index in [1.165, 1.54) is 33.4 Å². The summed E-state index contributed by atoms with van der Waals surface area (Å²) in [6, 6.07) is 33.6. The van der Waals surface area contributed by atoms with Crippen molar-refractivity contribution in [2.75, 3.05) is 47.5 Å². The number of hydrogen-bond acceptors (Lipinski definition) is 5. The molecule has 41 heavy (non-hydrogen) atoms. The summed E-state index contributed by atoms with van der Waals surface area (Å²) >= 11 is 3.57. The van der Waals surface area contributed by atoms with Crippen molar-refractivity contribution in [3.63, 3.8) is 0 Å². The standard InChI is InChI=1S/C18H21NO2.C17H18BrNO/c1-19-10-11-21-18(14-6-4-3-5-7-14)17-9-8-16(20-2)12-15(17)13-19;1-19-9-10-20-17(13-5-3-2-4-6-13)16-8-7-15(18)11-14(16)12-19/h3-9,12,18H,10-11,13H2,1-2H3;2-8,11,17H,9-10,12H2,1H3. The van der Waals surface area contributed by atoms with Crippen LogP contribution in [0.15, 0.2) is 102 Å². The van der Waals surface area contributed by atoms with Gasteiger partial charge in [-0.3, -0.25) is 9.80 Å². The fourth-order valence-electron chi connectivity index (χ4n) is 5.45. The number of nitrogens with zero attached hydrogens (tertiary/aromatic N) is 2. The minimum Gasteiger partial charge on any atom is -0.497 e. The molecule has 0 saturated carbocycles. The predicted molar refractivity (Wildman–Crippen MR) is 168 cm³/mol. The van der Waals surface area contributed by atoms with Gasteiger partial charge in [-0.2, -0.15) is 0 Å². The third-order valence-corrected chi connectivity index (χ3v) is 8.11. The van der Waals surface area contributed by atoms with E-state index in [1.807, 2.05) is 18.2 Å². The fourth-order valence-corrected chi connectivity index (χ4v) is 5.86. The van der Waals surface area contributed by atoms with Gasteiger partial charge in [-0.1, -0.05) is 88.7 Å². The van der Waals surface area contributed by atoms with Crippen LogP contribution in [0.3, 0.4) is 0 Å². The van der Waals surface area contributed by atoms with Gasteiger partial charge in [0.2, 0.25) is 0 Å². The maximum Gasteiger partial charge on any atom is 0.119 e. The number of halogens is 1. The largest absolute Gasteiger partial charge is 0.497 e. The minimum atomic E-state index is 0.000746. The normalized spacial score (nSPS) is 19.7. The Bertz CT molecular complexity index is 1400. The lowest BCUT2D eigenvalue weighted by atomic mass is 9.95. The number of fused-ring (bicyclic) bond motifs is 2. The van der Waals surface area contributed by atoms with Crippen molar-refractivity contribution in [1.82, 2.24) is 9.80 Å². The molecule has 0 saturated heterocycles. The van der Waals surface area contributed by atoms with Crippen molar-refractivity contribution in [3.05, 3.63) is 135 Å². The summed E-state index contributed by atoms with van der Waals surface area (Å²) in [4.78, 5) is 4.58. The van der Waals surface area contributed by atoms with Gasteiger partial charge in [-0.15, -0.1) is 0 Å². The molecule has 2 unspecified atom stereocenters. The second-order valence-corrected chi connectivity index (χ2v) is 11.6. The van der Waals surface area contributed by atoms with Gasteiger partial charge in [-0.05, 0) is 71.7 Å². The average Bonchev–Trinajstić information content (AvgIpc) is 2.98. The van der Waals surface area contributed by atoms with E-state index < -0.39 is 0 Å². The molecule has 0 spiro atoms. The predicted octanol–water partition coefficient (Wildman–Crippen LogP) is 7.25. The van der Waals surface area contributed by atoms with Gasteiger partial charge in [0, 0.05) is 30.7 Å². The van der Waals surface area contributed by atoms with Crippen LogP contribution in [0.25, 0.3) is 0 Å². The maximum absolute atomic E-state index is 6.16. The highest BCUT2D eigenvalue weighted by Crippen LogP contribution is 2.34. The maximum atomic E-state index is 6.16. The first-order chi connectivity index (χ1) is 20.0. The first-order valence-corrected chi connectivity index (χ1v) is 15.0. The highest BCUT2D eigenvalue weighted by atomic mass is 79.9. The Morgan fingerprint density at radius 3 is 1.66 bits per heavy atom. The number of hydrogen-bond donors (Lipinski definition) is 0. The number of rotatable bonds is 3. The fraction of sp³-hybridized carbons (Fsp3) is 0.314. The molecule has 5 nitrogen and oxygen atoms in total. The molecule has 2 atom stereocenters. The van der Waals surface area contributed by atoms with E-state index in [4.69, 9.17) is 14.2 Å². The zero-order valence-electron chi connectivity index (χ0n) is 24.1. The van der Waals surface area contributed by atoms with E-state index >= 15 is 0 Å². The van der Waals surface area contributed by atoms with Gasteiger partial charge in [0.05, 0.1) is 20.3 Å². The molecule has 2 aliphatic rings. The first kappa shape index (κ1) is 29.5. The smallest absolute Gasteiger partial charge is 0.119 e. The molecule has 6 rings (SSSR count). The van der Waals surface area contributed by atoms with E-state index in [-0.39, 0.29) is 12.2 Å². The highest BCUT2D eigenvalue weighted by Gasteiger charge is 2.23. The van der Waals surface area contributed by atoms with Crippen LogP contribution in [0.1, 0.15) is 45.6 Å². The van der Waals surface area contributed by atoms with Gasteiger partial charge < -0.3 is 14.2 Å². The highest BCUT2D eigenvalue weighted by molar-refractivity contribution is 9.10. The molecule has 0 radical (unpaired) electrons. The minimum absolute atomic E-state index is 0.000746. The van der Waals surface area contributed by atoms with Crippen LogP contribution in [0.5, 0.6) is 5.75 Å². The van der Waals surface area contributed by atoms with E-state index in [2.05, 4.69) is 119 Å². The van der Waals surface area contributed by atoms with Crippen LogP contribution in [0.4, 0.5) is 0 Å². The Balaban J connectivity index is 0.000000165. The molecule has 0 bridgehead atoms. The van der Waals surface area contributed by atoms with Crippen molar-refractivity contribution in [3.8, 4) is 5.75 Å². The quantitative estimate of drug-likeness (QED) is 0.243. The Morgan fingerprint density at radius 1 is 0.659 bits per heavy atom. The summed E-state index contributed by atoms with van der Waals surface area (Å²) in [5.41, 5.74) is 7.52. The van der Waals surface area contributed by atoms with Crippen molar-refractivity contribution < 1.29 is 14.2 Å². The van der Waals surface area contributed by atoms with E-state index in [0.717, 1.165) is 49.6 Å². The van der Waals surface area contributed by atoms with Crippen LogP contribution in [0.2, 0.25) is 0 Å².